The van der Waals surface area contributed by atoms with Crippen LogP contribution in [0, 0.1) is 0 Å². The maximum absolute atomic E-state index is 13.5. The van der Waals surface area contributed by atoms with Crippen LogP contribution in [0.2, 0.25) is 0 Å². The van der Waals surface area contributed by atoms with Crippen LogP contribution in [0.4, 0.5) is 4.79 Å². The molecule has 1 N–H and O–H groups in total. The molecule has 0 fully saturated rings. The van der Waals surface area contributed by atoms with Crippen LogP contribution in [0.3, 0.4) is 0 Å². The first kappa shape index (κ1) is 34.1. The van der Waals surface area contributed by atoms with Gasteiger partial charge in [-0.25, -0.2) is 14.4 Å². The van der Waals surface area contributed by atoms with E-state index in [1.165, 1.54) is 4.90 Å². The van der Waals surface area contributed by atoms with Crippen molar-refractivity contribution in [3.05, 3.63) is 108 Å². The Bertz CT molecular complexity index is 1350. The third-order valence-corrected chi connectivity index (χ3v) is 6.67. The van der Waals surface area contributed by atoms with Crippen LogP contribution in [0.1, 0.15) is 43.9 Å². The summed E-state index contributed by atoms with van der Waals surface area (Å²) in [4.78, 5) is 53.9. The highest BCUT2D eigenvalue weighted by molar-refractivity contribution is 6.27. The molecule has 0 saturated carbocycles. The van der Waals surface area contributed by atoms with Gasteiger partial charge in [-0.05, 0) is 43.9 Å². The number of nitrogens with one attached hydrogen (secondary N) is 1. The molecule has 0 unspecified atom stereocenters. The van der Waals surface area contributed by atoms with E-state index in [2.05, 4.69) is 5.32 Å². The molecule has 0 heterocycles. The summed E-state index contributed by atoms with van der Waals surface area (Å²) in [6, 6.07) is 25.2. The van der Waals surface area contributed by atoms with E-state index in [-0.39, 0.29) is 32.6 Å². The molecule has 0 aliphatic rings. The lowest BCUT2D eigenvalue weighted by Crippen LogP contribution is -2.51. The third kappa shape index (κ3) is 11.7. The molecule has 0 aromatic heterocycles. The Labute approximate surface area is 263 Å². The van der Waals surface area contributed by atoms with Crippen molar-refractivity contribution in [3.63, 3.8) is 0 Å². The molecule has 3 rings (SSSR count). The number of halogens is 1. The summed E-state index contributed by atoms with van der Waals surface area (Å²) in [5.74, 6) is -2.28. The number of hydrogen-bond acceptors (Lipinski definition) is 7. The Morgan fingerprint density at radius 1 is 0.750 bits per heavy atom. The summed E-state index contributed by atoms with van der Waals surface area (Å²) in [5.41, 5.74) is 1.54. The number of ether oxygens (including phenoxy) is 3. The van der Waals surface area contributed by atoms with Crippen molar-refractivity contribution in [3.8, 4) is 0 Å². The average Bonchev–Trinajstić information content (AvgIpc) is 3.01. The maximum Gasteiger partial charge on any atom is 0.408 e. The van der Waals surface area contributed by atoms with Gasteiger partial charge in [-0.2, -0.15) is 0 Å². The van der Waals surface area contributed by atoms with Crippen LogP contribution >= 0.6 is 11.6 Å². The number of alkyl halides is 1. The summed E-state index contributed by atoms with van der Waals surface area (Å²) in [5, 5.41) is 2.56. The molecule has 0 bridgehead atoms. The summed E-state index contributed by atoms with van der Waals surface area (Å²) in [7, 11) is 0. The number of nitrogens with zero attached hydrogens (tertiary/aromatic N) is 1. The highest BCUT2D eigenvalue weighted by Gasteiger charge is 2.33. The zero-order chi connectivity index (χ0) is 32.0. The molecular weight excluding hydrogens is 584 g/mol. The van der Waals surface area contributed by atoms with Crippen LogP contribution in [0.15, 0.2) is 91.0 Å². The van der Waals surface area contributed by atoms with E-state index in [1.807, 2.05) is 78.9 Å². The first-order valence-electron chi connectivity index (χ1n) is 14.4. The predicted octanol–water partition coefficient (Wildman–Crippen LogP) is 5.44. The summed E-state index contributed by atoms with van der Waals surface area (Å²) in [6.07, 6.45) is -0.746. The fourth-order valence-corrected chi connectivity index (χ4v) is 4.46. The Morgan fingerprint density at radius 2 is 1.23 bits per heavy atom. The van der Waals surface area contributed by atoms with Gasteiger partial charge < -0.3 is 24.4 Å². The van der Waals surface area contributed by atoms with E-state index >= 15 is 0 Å². The fourth-order valence-electron chi connectivity index (χ4n) is 4.31. The standard InChI is InChI=1S/C34H39ClN2O7/c1-34(2,3)44-33(41)36-28(31(39)42-23-26-15-9-5-10-16-26)19-20-37(30(38)22-35)29(21-25-13-7-4-8-14-25)32(40)43-24-27-17-11-6-12-18-27/h4-18,28-29H,19-24H2,1-3H3,(H,36,41)/t28-,29-/m0/s1. The van der Waals surface area contributed by atoms with Crippen molar-refractivity contribution >= 4 is 35.5 Å². The van der Waals surface area contributed by atoms with Gasteiger partial charge in [0.05, 0.1) is 0 Å². The van der Waals surface area contributed by atoms with Crippen LogP contribution in [-0.2, 0) is 48.2 Å². The van der Waals surface area contributed by atoms with E-state index in [0.717, 1.165) is 16.7 Å². The average molecular weight is 623 g/mol. The first-order chi connectivity index (χ1) is 21.1. The lowest BCUT2D eigenvalue weighted by molar-refractivity contribution is -0.156. The van der Waals surface area contributed by atoms with E-state index in [1.54, 1.807) is 32.9 Å². The number of alkyl carbamates (subject to hydrolysis) is 1. The number of amides is 2. The van der Waals surface area contributed by atoms with Crippen LogP contribution in [0.5, 0.6) is 0 Å². The van der Waals surface area contributed by atoms with Gasteiger partial charge in [0, 0.05) is 13.0 Å². The lowest BCUT2D eigenvalue weighted by atomic mass is 10.0. The molecule has 3 aromatic rings. The van der Waals surface area contributed by atoms with Gasteiger partial charge in [0.1, 0.15) is 36.8 Å². The second-order valence-electron chi connectivity index (χ2n) is 11.1. The number of hydrogen-bond donors (Lipinski definition) is 1. The van der Waals surface area contributed by atoms with E-state index in [0.29, 0.717) is 0 Å². The zero-order valence-corrected chi connectivity index (χ0v) is 26.0. The van der Waals surface area contributed by atoms with Gasteiger partial charge in [0.2, 0.25) is 5.91 Å². The predicted molar refractivity (Wildman–Crippen MR) is 167 cm³/mol. The summed E-state index contributed by atoms with van der Waals surface area (Å²) < 4.78 is 16.5. The van der Waals surface area contributed by atoms with Crippen LogP contribution in [-0.4, -0.2) is 58.9 Å². The Kier molecular flexibility index (Phi) is 13.2. The van der Waals surface area contributed by atoms with Crippen molar-refractivity contribution in [2.45, 2.75) is 64.5 Å². The maximum atomic E-state index is 13.5. The molecule has 0 saturated heterocycles. The van der Waals surface area contributed by atoms with Crippen molar-refractivity contribution in [2.24, 2.45) is 0 Å². The monoisotopic (exact) mass is 622 g/mol. The van der Waals surface area contributed by atoms with Crippen molar-refractivity contribution < 1.29 is 33.4 Å². The van der Waals surface area contributed by atoms with E-state index in [9.17, 15) is 19.2 Å². The largest absolute Gasteiger partial charge is 0.459 e. The molecule has 234 valence electrons. The number of carbonyl (C=O) groups is 4. The number of rotatable bonds is 14. The number of esters is 2. The molecular formula is C34H39ClN2O7. The normalized spacial score (nSPS) is 12.4. The molecule has 0 aliphatic carbocycles. The smallest absolute Gasteiger partial charge is 0.408 e. The van der Waals surface area contributed by atoms with Gasteiger partial charge in [-0.15, -0.1) is 11.6 Å². The quantitative estimate of drug-likeness (QED) is 0.145. The van der Waals surface area contributed by atoms with Gasteiger partial charge in [-0.1, -0.05) is 91.0 Å². The Hall–Kier alpha value is -4.37. The minimum atomic E-state index is -1.18. The van der Waals surface area contributed by atoms with Crippen LogP contribution < -0.4 is 5.32 Å². The molecule has 0 aliphatic heterocycles. The molecule has 0 radical (unpaired) electrons. The molecule has 3 aromatic carbocycles. The fraction of sp³-hybridized carbons (Fsp3) is 0.353. The number of carbonyl (C=O) groups excluding carboxylic acids is 4. The van der Waals surface area contributed by atoms with Crippen molar-refractivity contribution in [1.29, 1.82) is 0 Å². The molecule has 2 atom stereocenters. The Balaban J connectivity index is 1.82. The third-order valence-electron chi connectivity index (χ3n) is 6.44. The Morgan fingerprint density at radius 3 is 1.70 bits per heavy atom. The minimum Gasteiger partial charge on any atom is -0.459 e. The SMILES string of the molecule is CC(C)(C)OC(=O)N[C@@H](CCN(C(=O)CCl)[C@@H](Cc1ccccc1)C(=O)OCc1ccccc1)C(=O)OCc1ccccc1. The first-order valence-corrected chi connectivity index (χ1v) is 14.9. The van der Waals surface area contributed by atoms with Gasteiger partial charge in [0.25, 0.3) is 0 Å². The summed E-state index contributed by atoms with van der Waals surface area (Å²) in [6.45, 7) is 4.99. The van der Waals surface area contributed by atoms with Crippen molar-refractivity contribution in [2.75, 3.05) is 12.4 Å². The zero-order valence-electron chi connectivity index (χ0n) is 25.2. The topological polar surface area (TPSA) is 111 Å². The van der Waals surface area contributed by atoms with Gasteiger partial charge in [0.15, 0.2) is 0 Å². The highest BCUT2D eigenvalue weighted by Crippen LogP contribution is 2.16. The van der Waals surface area contributed by atoms with E-state index in [4.69, 9.17) is 25.8 Å². The minimum absolute atomic E-state index is 0.0149. The van der Waals surface area contributed by atoms with Crippen LogP contribution in [0.25, 0.3) is 0 Å². The second kappa shape index (κ2) is 17.1. The highest BCUT2D eigenvalue weighted by atomic mass is 35.5. The molecule has 2 amide bonds. The molecule has 44 heavy (non-hydrogen) atoms. The lowest BCUT2D eigenvalue weighted by Gasteiger charge is -2.31. The number of benzene rings is 3. The van der Waals surface area contributed by atoms with Crippen molar-refractivity contribution in [1.82, 2.24) is 10.2 Å². The molecule has 9 nitrogen and oxygen atoms in total. The van der Waals surface area contributed by atoms with Gasteiger partial charge in [-0.3, -0.25) is 4.79 Å². The molecule has 0 spiro atoms. The second-order valence-corrected chi connectivity index (χ2v) is 11.4. The summed E-state index contributed by atoms with van der Waals surface area (Å²) >= 11 is 6.00. The van der Waals surface area contributed by atoms with E-state index < -0.39 is 47.5 Å². The van der Waals surface area contributed by atoms with Gasteiger partial charge >= 0.3 is 18.0 Å². The molecule has 10 heteroatoms.